The molecule has 5 nitrogen and oxygen atoms in total. The first-order chi connectivity index (χ1) is 14.7. The van der Waals surface area contributed by atoms with Crippen LogP contribution in [0.1, 0.15) is 98.8 Å². The highest BCUT2D eigenvalue weighted by molar-refractivity contribution is 6.62. The monoisotopic (exact) mass is 464 g/mol. The maximum atomic E-state index is 6.38. The Kier molecular flexibility index (Phi) is 22.6. The Labute approximate surface area is 191 Å². The molecule has 0 aromatic rings. The zero-order chi connectivity index (χ0) is 22.3. The average Bonchev–Trinajstić information content (AvgIpc) is 2.74. The van der Waals surface area contributed by atoms with Gasteiger partial charge in [0.25, 0.3) is 0 Å². The minimum Gasteiger partial charge on any atom is -0.373 e. The van der Waals surface area contributed by atoms with Crippen LogP contribution in [0.25, 0.3) is 0 Å². The van der Waals surface area contributed by atoms with Crippen molar-refractivity contribution in [1.82, 2.24) is 0 Å². The predicted molar refractivity (Wildman–Crippen MR) is 132 cm³/mol. The topological polar surface area (TPSA) is 46.2 Å². The minimum atomic E-state index is -2.63. The van der Waals surface area contributed by atoms with Crippen molar-refractivity contribution in [3.05, 3.63) is 0 Å². The quantitative estimate of drug-likeness (QED) is 0.101. The highest BCUT2D eigenvalue weighted by atomic mass is 28.4. The molecule has 0 atom stereocenters. The normalized spacial score (nSPS) is 12.6. The van der Waals surface area contributed by atoms with Gasteiger partial charge in [-0.3, -0.25) is 0 Å². The predicted octanol–water partition coefficient (Wildman–Crippen LogP) is 5.88. The third kappa shape index (κ3) is 16.9. The number of hydrogen-bond donors (Lipinski definition) is 0. The molecule has 0 radical (unpaired) electrons. The molecule has 0 aliphatic rings. The van der Waals surface area contributed by atoms with E-state index in [0.717, 1.165) is 109 Å². The fraction of sp³-hybridized carbons (Fsp3) is 1.00. The fourth-order valence-corrected chi connectivity index (χ4v) is 8.47. The van der Waals surface area contributed by atoms with Gasteiger partial charge in [-0.1, -0.05) is 72.8 Å². The Morgan fingerprint density at radius 3 is 1.30 bits per heavy atom. The molecule has 7 heteroatoms. The Morgan fingerprint density at radius 2 is 0.933 bits per heavy atom. The third-order valence-electron chi connectivity index (χ3n) is 4.99. The third-order valence-corrected chi connectivity index (χ3v) is 10.3. The Hall–Kier alpha value is 0.234. The molecule has 0 heterocycles. The first-order valence-corrected chi connectivity index (χ1v) is 16.6. The molecule has 0 spiro atoms. The lowest BCUT2D eigenvalue weighted by Gasteiger charge is -2.30. The van der Waals surface area contributed by atoms with Gasteiger partial charge in [0.1, 0.15) is 5.91 Å². The van der Waals surface area contributed by atoms with Crippen molar-refractivity contribution >= 4 is 18.3 Å². The molecule has 0 aliphatic heterocycles. The smallest absolute Gasteiger partial charge is 0.373 e. The molecule has 0 N–H and O–H groups in total. The Bertz CT molecular complexity index is 311. The largest absolute Gasteiger partial charge is 0.500 e. The van der Waals surface area contributed by atoms with Crippen molar-refractivity contribution < 1.29 is 22.8 Å². The standard InChI is InChI=1S/C23H52O5Si2/c1-6-11-16-24-23(25-17-12-7-2)29-21-22-30(26-18-13-8-3,27-19-14-9-4)28-20-15-10-5/h23H,6-22,29H2,1-5H3. The molecule has 0 bridgehead atoms. The van der Waals surface area contributed by atoms with Gasteiger partial charge in [-0.2, -0.15) is 0 Å². The van der Waals surface area contributed by atoms with E-state index in [1.807, 2.05) is 0 Å². The summed E-state index contributed by atoms with van der Waals surface area (Å²) in [5, 5.41) is 0. The van der Waals surface area contributed by atoms with Gasteiger partial charge in [0.05, 0.1) is 9.52 Å². The second-order valence-corrected chi connectivity index (χ2v) is 12.7. The van der Waals surface area contributed by atoms with Gasteiger partial charge in [0.2, 0.25) is 0 Å². The van der Waals surface area contributed by atoms with Crippen molar-refractivity contribution in [3.63, 3.8) is 0 Å². The van der Waals surface area contributed by atoms with E-state index in [0.29, 0.717) is 0 Å². The summed E-state index contributed by atoms with van der Waals surface area (Å²) >= 11 is 0. The van der Waals surface area contributed by atoms with Crippen LogP contribution in [0.2, 0.25) is 12.1 Å². The van der Waals surface area contributed by atoms with E-state index in [-0.39, 0.29) is 5.91 Å². The molecule has 0 saturated carbocycles. The van der Waals surface area contributed by atoms with E-state index in [4.69, 9.17) is 22.8 Å². The summed E-state index contributed by atoms with van der Waals surface area (Å²) in [6.07, 6.45) is 11.1. The van der Waals surface area contributed by atoms with Crippen molar-refractivity contribution in [2.45, 2.75) is 117 Å². The second-order valence-electron chi connectivity index (χ2n) is 8.06. The van der Waals surface area contributed by atoms with E-state index in [1.54, 1.807) is 0 Å². The van der Waals surface area contributed by atoms with Gasteiger partial charge in [0.15, 0.2) is 0 Å². The lowest BCUT2D eigenvalue weighted by molar-refractivity contribution is -0.0920. The summed E-state index contributed by atoms with van der Waals surface area (Å²) in [6.45, 7) is 14.8. The van der Waals surface area contributed by atoms with Gasteiger partial charge in [-0.25, -0.2) is 0 Å². The summed E-state index contributed by atoms with van der Waals surface area (Å²) in [5.74, 6) is 0.0109. The first kappa shape index (κ1) is 30.2. The maximum absolute atomic E-state index is 6.38. The van der Waals surface area contributed by atoms with Crippen LogP contribution in [-0.4, -0.2) is 57.3 Å². The highest BCUT2D eigenvalue weighted by Crippen LogP contribution is 2.21. The van der Waals surface area contributed by atoms with Crippen LogP contribution in [0.15, 0.2) is 0 Å². The van der Waals surface area contributed by atoms with Gasteiger partial charge in [0, 0.05) is 39.1 Å². The number of unbranched alkanes of at least 4 members (excludes halogenated alkanes) is 5. The molecule has 182 valence electrons. The molecular weight excluding hydrogens is 412 g/mol. The number of rotatable bonds is 24. The van der Waals surface area contributed by atoms with Gasteiger partial charge in [-0.15, -0.1) is 0 Å². The van der Waals surface area contributed by atoms with Gasteiger partial charge < -0.3 is 22.8 Å². The molecule has 0 amide bonds. The van der Waals surface area contributed by atoms with Gasteiger partial charge in [-0.05, 0) is 32.1 Å². The molecule has 0 saturated heterocycles. The molecular formula is C23H52O5Si2. The SMILES string of the molecule is CCCCOC(OCCCC)[SiH2]CC[Si](OCCCC)(OCCCC)OCCCC. The summed E-state index contributed by atoms with van der Waals surface area (Å²) in [4.78, 5) is 0. The highest BCUT2D eigenvalue weighted by Gasteiger charge is 2.40. The van der Waals surface area contributed by atoms with Crippen molar-refractivity contribution in [1.29, 1.82) is 0 Å². The Morgan fingerprint density at radius 1 is 0.567 bits per heavy atom. The van der Waals surface area contributed by atoms with Crippen LogP contribution >= 0.6 is 0 Å². The van der Waals surface area contributed by atoms with Crippen molar-refractivity contribution in [2.24, 2.45) is 0 Å². The minimum absolute atomic E-state index is 0.0109. The zero-order valence-electron chi connectivity index (χ0n) is 20.8. The van der Waals surface area contributed by atoms with Gasteiger partial charge >= 0.3 is 8.80 Å². The number of ether oxygens (including phenoxy) is 2. The van der Waals surface area contributed by atoms with Crippen LogP contribution < -0.4 is 0 Å². The fourth-order valence-electron chi connectivity index (χ4n) is 2.88. The lowest BCUT2D eigenvalue weighted by atomic mass is 10.4. The van der Waals surface area contributed by atoms with E-state index in [2.05, 4.69) is 34.6 Å². The van der Waals surface area contributed by atoms with E-state index < -0.39 is 18.3 Å². The Balaban J connectivity index is 4.86. The first-order valence-electron chi connectivity index (χ1n) is 12.8. The summed E-state index contributed by atoms with van der Waals surface area (Å²) < 4.78 is 31.3. The maximum Gasteiger partial charge on any atom is 0.500 e. The lowest BCUT2D eigenvalue weighted by Crippen LogP contribution is -2.47. The van der Waals surface area contributed by atoms with Crippen molar-refractivity contribution in [2.75, 3.05) is 33.0 Å². The van der Waals surface area contributed by atoms with E-state index in [9.17, 15) is 0 Å². The van der Waals surface area contributed by atoms with Crippen LogP contribution in [0.5, 0.6) is 0 Å². The summed E-state index contributed by atoms with van der Waals surface area (Å²) in [6, 6.07) is 1.99. The van der Waals surface area contributed by atoms with Crippen LogP contribution in [0, 0.1) is 0 Å². The second kappa shape index (κ2) is 22.4. The molecule has 0 aliphatic carbocycles. The summed E-state index contributed by atoms with van der Waals surface area (Å²) in [5.41, 5.74) is 0. The van der Waals surface area contributed by atoms with E-state index in [1.165, 1.54) is 0 Å². The van der Waals surface area contributed by atoms with Crippen molar-refractivity contribution in [3.8, 4) is 0 Å². The molecule has 0 aromatic heterocycles. The zero-order valence-corrected chi connectivity index (χ0v) is 23.3. The molecule has 0 unspecified atom stereocenters. The van der Waals surface area contributed by atoms with Crippen LogP contribution in [0.4, 0.5) is 0 Å². The van der Waals surface area contributed by atoms with Crippen LogP contribution in [0.3, 0.4) is 0 Å². The molecule has 0 aromatic carbocycles. The molecule has 0 fully saturated rings. The molecule has 0 rings (SSSR count). The number of hydrogen-bond acceptors (Lipinski definition) is 5. The average molecular weight is 465 g/mol. The summed E-state index contributed by atoms with van der Waals surface area (Å²) in [7, 11) is -3.17. The molecule has 30 heavy (non-hydrogen) atoms. The van der Waals surface area contributed by atoms with E-state index >= 15 is 0 Å². The van der Waals surface area contributed by atoms with Crippen LogP contribution in [-0.2, 0) is 22.8 Å².